The van der Waals surface area contributed by atoms with Crippen LogP contribution in [0.2, 0.25) is 0 Å². The van der Waals surface area contributed by atoms with Crippen molar-refractivity contribution in [2.24, 2.45) is 17.3 Å². The van der Waals surface area contributed by atoms with Crippen LogP contribution in [0.1, 0.15) is 55.0 Å². The minimum atomic E-state index is -1.47. The highest BCUT2D eigenvalue weighted by Gasteiger charge is 2.28. The number of hydrogen-bond acceptors (Lipinski definition) is 8. The van der Waals surface area contributed by atoms with E-state index in [1.807, 2.05) is 0 Å². The molecule has 0 bridgehead atoms. The number of rotatable bonds is 6. The molecule has 0 saturated heterocycles. The van der Waals surface area contributed by atoms with Crippen LogP contribution in [0.15, 0.2) is 34.9 Å². The lowest BCUT2D eigenvalue weighted by Gasteiger charge is -2.20. The summed E-state index contributed by atoms with van der Waals surface area (Å²) in [4.78, 5) is 28.8. The van der Waals surface area contributed by atoms with E-state index in [1.165, 1.54) is 22.1 Å². The number of aromatic nitrogens is 2. The zero-order valence-corrected chi connectivity index (χ0v) is 22.3. The molecule has 2 aromatic heterocycles. The summed E-state index contributed by atoms with van der Waals surface area (Å²) in [5.41, 5.74) is 16.1. The van der Waals surface area contributed by atoms with E-state index in [0.29, 0.717) is 39.1 Å². The molecule has 0 saturated carbocycles. The van der Waals surface area contributed by atoms with E-state index in [0.717, 1.165) is 11.1 Å². The zero-order chi connectivity index (χ0) is 28.3. The molecule has 1 aliphatic rings. The molecule has 10 nitrogen and oxygen atoms in total. The van der Waals surface area contributed by atoms with Crippen molar-refractivity contribution in [2.75, 3.05) is 0 Å². The Morgan fingerprint density at radius 2 is 1.92 bits per heavy atom. The number of nitrogens with two attached hydrogens (primary N) is 3. The second kappa shape index (κ2) is 11.6. The molecule has 1 aliphatic heterocycles. The minimum Gasteiger partial charge on any atom is -0.450 e. The van der Waals surface area contributed by atoms with E-state index in [9.17, 15) is 14.0 Å². The first kappa shape index (κ1) is 28.6. The Balaban J connectivity index is 0.00000127. The summed E-state index contributed by atoms with van der Waals surface area (Å²) in [6.07, 6.45) is 1.33. The highest BCUT2D eigenvalue weighted by Crippen LogP contribution is 2.37. The van der Waals surface area contributed by atoms with Crippen LogP contribution >= 0.6 is 0 Å². The van der Waals surface area contributed by atoms with Gasteiger partial charge in [0.25, 0.3) is 5.56 Å². The van der Waals surface area contributed by atoms with Gasteiger partial charge in [-0.3, -0.25) is 4.79 Å². The quantitative estimate of drug-likeness (QED) is 0.167. The molecule has 0 radical (unpaired) electrons. The van der Waals surface area contributed by atoms with E-state index in [2.05, 4.69) is 18.6 Å². The number of fused-ring (bicyclic) bond motifs is 4. The van der Waals surface area contributed by atoms with Gasteiger partial charge in [-0.15, -0.1) is 0 Å². The van der Waals surface area contributed by atoms with Gasteiger partial charge in [0.15, 0.2) is 0 Å². The standard InChI is InChI=1S/C24H27FN6O4.C3H8/c1-11-5-21-22-16(8-31(21)23(32)17(11)10-35-24(33)34)15(7-30(28)9-19(27)13(3)26)14-4-12(2)18(25)6-20(14)29-22;1-3-2/h4-6,9,13H,7-8,10,26-28H2,1-3H3,(H,33,34);3H2,1-2H3/b19-9-;. The van der Waals surface area contributed by atoms with Crippen LogP contribution in [-0.2, 0) is 24.4 Å². The maximum Gasteiger partial charge on any atom is 0.506 e. The molecule has 1 unspecified atom stereocenters. The van der Waals surface area contributed by atoms with Crippen LogP contribution in [0.25, 0.3) is 22.3 Å². The van der Waals surface area contributed by atoms with E-state index in [1.54, 1.807) is 39.1 Å². The number of benzene rings is 1. The van der Waals surface area contributed by atoms with Crippen molar-refractivity contribution in [1.82, 2.24) is 14.6 Å². The molecule has 0 aliphatic carbocycles. The fourth-order valence-corrected chi connectivity index (χ4v) is 4.23. The summed E-state index contributed by atoms with van der Waals surface area (Å²) < 4.78 is 20.6. The van der Waals surface area contributed by atoms with Crippen molar-refractivity contribution in [3.05, 3.63) is 74.1 Å². The predicted octanol–water partition coefficient (Wildman–Crippen LogP) is 3.62. The van der Waals surface area contributed by atoms with Crippen molar-refractivity contribution in [3.8, 4) is 11.4 Å². The fourth-order valence-electron chi connectivity index (χ4n) is 4.23. The number of aryl methyl sites for hydroxylation is 2. The number of pyridine rings is 2. The van der Waals surface area contributed by atoms with Crippen molar-refractivity contribution >= 4 is 17.1 Å². The topological polar surface area (TPSA) is 163 Å². The van der Waals surface area contributed by atoms with Gasteiger partial charge in [-0.2, -0.15) is 0 Å². The van der Waals surface area contributed by atoms with E-state index < -0.39 is 18.0 Å². The monoisotopic (exact) mass is 526 g/mol. The van der Waals surface area contributed by atoms with Gasteiger partial charge in [-0.1, -0.05) is 20.3 Å². The SMILES string of the molecule is CCC.Cc1cc2c(CN(N)/C=C(\N)C(C)N)c3c(nc2cc1F)-c1cc(C)c(COC(=O)O)c(=O)n1C3. The third kappa shape index (κ3) is 5.79. The van der Waals surface area contributed by atoms with Crippen LogP contribution in [0.3, 0.4) is 0 Å². The lowest BCUT2D eigenvalue weighted by Crippen LogP contribution is -2.31. The number of hydrazine groups is 1. The van der Waals surface area contributed by atoms with Crippen LogP contribution in [-0.4, -0.2) is 31.9 Å². The summed E-state index contributed by atoms with van der Waals surface area (Å²) in [5, 5.41) is 11.0. The van der Waals surface area contributed by atoms with Gasteiger partial charge in [-0.05, 0) is 49.6 Å². The molecule has 4 rings (SSSR count). The highest BCUT2D eigenvalue weighted by atomic mass is 19.1. The van der Waals surface area contributed by atoms with Crippen LogP contribution in [0.4, 0.5) is 9.18 Å². The van der Waals surface area contributed by atoms with Gasteiger partial charge in [0, 0.05) is 35.0 Å². The number of carbonyl (C=O) groups is 1. The summed E-state index contributed by atoms with van der Waals surface area (Å²) >= 11 is 0. The van der Waals surface area contributed by atoms with E-state index in [-0.39, 0.29) is 30.8 Å². The molecular formula is C27H35FN6O4. The minimum absolute atomic E-state index is 0.193. The van der Waals surface area contributed by atoms with Gasteiger partial charge in [0.1, 0.15) is 12.4 Å². The van der Waals surface area contributed by atoms with E-state index in [4.69, 9.17) is 27.4 Å². The van der Waals surface area contributed by atoms with Gasteiger partial charge in [-0.25, -0.2) is 20.0 Å². The Bertz CT molecular complexity index is 1460. The summed E-state index contributed by atoms with van der Waals surface area (Å²) in [6.45, 7) is 9.39. The van der Waals surface area contributed by atoms with Gasteiger partial charge in [0.05, 0.1) is 35.6 Å². The molecule has 7 N–H and O–H groups in total. The summed E-state index contributed by atoms with van der Waals surface area (Å²) in [7, 11) is 0. The average Bonchev–Trinajstić information content (AvgIpc) is 3.18. The lowest BCUT2D eigenvalue weighted by molar-refractivity contribution is 0.0848. The summed E-state index contributed by atoms with van der Waals surface area (Å²) in [5.74, 6) is 5.84. The molecule has 3 heterocycles. The first-order valence-corrected chi connectivity index (χ1v) is 12.3. The third-order valence-electron chi connectivity index (χ3n) is 6.19. The van der Waals surface area contributed by atoms with Crippen molar-refractivity contribution in [1.29, 1.82) is 0 Å². The van der Waals surface area contributed by atoms with Gasteiger partial charge >= 0.3 is 6.16 Å². The average molecular weight is 527 g/mol. The third-order valence-corrected chi connectivity index (χ3v) is 6.19. The fraction of sp³-hybridized carbons (Fsp3) is 0.370. The van der Waals surface area contributed by atoms with Crippen LogP contribution in [0, 0.1) is 19.7 Å². The lowest BCUT2D eigenvalue weighted by atomic mass is 9.98. The largest absolute Gasteiger partial charge is 0.506 e. The van der Waals surface area contributed by atoms with Gasteiger partial charge < -0.3 is 30.9 Å². The Kier molecular flexibility index (Phi) is 8.74. The molecule has 11 heteroatoms. The number of halogens is 1. The molecule has 1 atom stereocenters. The van der Waals surface area contributed by atoms with E-state index >= 15 is 0 Å². The first-order chi connectivity index (χ1) is 17.9. The molecule has 1 aromatic carbocycles. The molecule has 0 fully saturated rings. The maximum absolute atomic E-state index is 14.5. The summed E-state index contributed by atoms with van der Waals surface area (Å²) in [6, 6.07) is 4.44. The number of carboxylic acid groups (broad SMARTS) is 1. The Morgan fingerprint density at radius 3 is 2.53 bits per heavy atom. The Morgan fingerprint density at radius 1 is 1.26 bits per heavy atom. The van der Waals surface area contributed by atoms with Crippen LogP contribution < -0.4 is 22.9 Å². The predicted molar refractivity (Wildman–Crippen MR) is 144 cm³/mol. The molecule has 204 valence electrons. The van der Waals surface area contributed by atoms with Crippen LogP contribution in [0.5, 0.6) is 0 Å². The number of hydrogen-bond donors (Lipinski definition) is 4. The number of ether oxygens (including phenoxy) is 1. The first-order valence-electron chi connectivity index (χ1n) is 12.3. The van der Waals surface area contributed by atoms with Crippen molar-refractivity contribution < 1.29 is 19.0 Å². The maximum atomic E-state index is 14.5. The van der Waals surface area contributed by atoms with Crippen molar-refractivity contribution in [2.45, 2.75) is 66.8 Å². The zero-order valence-electron chi connectivity index (χ0n) is 22.3. The second-order valence-electron chi connectivity index (χ2n) is 9.47. The molecule has 0 spiro atoms. The molecule has 3 aromatic rings. The Labute approximate surface area is 220 Å². The molecule has 38 heavy (non-hydrogen) atoms. The normalized spacial score (nSPS) is 12.9. The second-order valence-corrected chi connectivity index (χ2v) is 9.47. The van der Waals surface area contributed by atoms with Crippen molar-refractivity contribution in [3.63, 3.8) is 0 Å². The van der Waals surface area contributed by atoms with Gasteiger partial charge in [0.2, 0.25) is 0 Å². The Hall–Kier alpha value is -3.96. The smallest absolute Gasteiger partial charge is 0.450 e. The highest BCUT2D eigenvalue weighted by molar-refractivity contribution is 5.88. The molecule has 0 amide bonds. The molecular weight excluding hydrogens is 491 g/mol. The number of nitrogens with zero attached hydrogens (tertiary/aromatic N) is 3.